The molecule has 0 aromatic heterocycles. The molecule has 1 heterocycles. The Morgan fingerprint density at radius 3 is 2.94 bits per heavy atom. The van der Waals surface area contributed by atoms with Gasteiger partial charge in [0.15, 0.2) is 0 Å². The Morgan fingerprint density at radius 1 is 1.59 bits per heavy atom. The maximum atomic E-state index is 13.6. The summed E-state index contributed by atoms with van der Waals surface area (Å²) in [5.41, 5.74) is 5.86. The number of hydrogen-bond acceptors (Lipinski definition) is 3. The van der Waals surface area contributed by atoms with E-state index in [1.54, 1.807) is 0 Å². The molecule has 0 radical (unpaired) electrons. The Hall–Kier alpha value is -1.23. The zero-order valence-corrected chi connectivity index (χ0v) is 10.4. The van der Waals surface area contributed by atoms with E-state index in [1.807, 2.05) is 11.8 Å². The van der Waals surface area contributed by atoms with E-state index in [9.17, 15) is 9.18 Å². The highest BCUT2D eigenvalue weighted by Gasteiger charge is 2.22. The molecule has 17 heavy (non-hydrogen) atoms. The first-order chi connectivity index (χ1) is 8.06. The summed E-state index contributed by atoms with van der Waals surface area (Å²) >= 11 is 1.86. The first-order valence-corrected chi connectivity index (χ1v) is 6.58. The van der Waals surface area contributed by atoms with Crippen LogP contribution in [-0.4, -0.2) is 23.0 Å². The van der Waals surface area contributed by atoms with Crippen LogP contribution in [-0.2, 0) is 0 Å². The minimum atomic E-state index is -0.540. The van der Waals surface area contributed by atoms with Gasteiger partial charge in [0.2, 0.25) is 5.91 Å². The molecular weight excluding hydrogens is 239 g/mol. The molecule has 1 aliphatic heterocycles. The minimum absolute atomic E-state index is 0.257. The first kappa shape index (κ1) is 12.2. The molecule has 0 bridgehead atoms. The van der Waals surface area contributed by atoms with Crippen molar-refractivity contribution in [1.29, 1.82) is 0 Å². The number of nitrogens with two attached hydrogens (primary N) is 1. The predicted octanol–water partition coefficient (Wildman–Crippen LogP) is 2.23. The number of hydrogen-bond donors (Lipinski definition) is 2. The van der Waals surface area contributed by atoms with Crippen molar-refractivity contribution in [2.75, 3.05) is 11.1 Å². The Kier molecular flexibility index (Phi) is 3.57. The number of primary amides is 1. The van der Waals surface area contributed by atoms with Crippen LogP contribution in [0.2, 0.25) is 0 Å². The van der Waals surface area contributed by atoms with Gasteiger partial charge in [0.05, 0.1) is 5.69 Å². The van der Waals surface area contributed by atoms with Crippen molar-refractivity contribution in [3.8, 4) is 0 Å². The fraction of sp³-hybridized carbons (Fsp3) is 0.417. The van der Waals surface area contributed by atoms with E-state index in [1.165, 1.54) is 18.2 Å². The van der Waals surface area contributed by atoms with E-state index in [0.29, 0.717) is 16.5 Å². The van der Waals surface area contributed by atoms with Gasteiger partial charge in [-0.15, -0.1) is 0 Å². The monoisotopic (exact) mass is 254 g/mol. The molecule has 0 aliphatic carbocycles. The molecule has 92 valence electrons. The molecule has 1 saturated heterocycles. The average molecular weight is 254 g/mol. The van der Waals surface area contributed by atoms with Crippen LogP contribution in [0.25, 0.3) is 0 Å². The van der Waals surface area contributed by atoms with E-state index < -0.39 is 5.91 Å². The van der Waals surface area contributed by atoms with Gasteiger partial charge in [-0.2, -0.15) is 11.8 Å². The molecule has 2 atom stereocenters. The molecular formula is C12H15FN2OS. The number of benzene rings is 1. The fourth-order valence-electron chi connectivity index (χ4n) is 1.93. The summed E-state index contributed by atoms with van der Waals surface area (Å²) in [6.45, 7) is 2.16. The molecule has 1 aromatic carbocycles. The van der Waals surface area contributed by atoms with Gasteiger partial charge in [-0.25, -0.2) is 4.39 Å². The number of amides is 1. The smallest absolute Gasteiger partial charge is 0.248 e. The number of anilines is 1. The van der Waals surface area contributed by atoms with Crippen LogP contribution in [0.5, 0.6) is 0 Å². The summed E-state index contributed by atoms with van der Waals surface area (Å²) in [5.74, 6) is 0.0725. The topological polar surface area (TPSA) is 55.1 Å². The van der Waals surface area contributed by atoms with Gasteiger partial charge >= 0.3 is 0 Å². The largest absolute Gasteiger partial charge is 0.379 e. The van der Waals surface area contributed by atoms with E-state index in [4.69, 9.17) is 5.73 Å². The second kappa shape index (κ2) is 4.96. The molecule has 0 spiro atoms. The fourth-order valence-corrected chi connectivity index (χ4v) is 3.08. The van der Waals surface area contributed by atoms with Gasteiger partial charge in [-0.05, 0) is 24.6 Å². The van der Waals surface area contributed by atoms with Crippen molar-refractivity contribution in [3.05, 3.63) is 29.6 Å². The zero-order valence-electron chi connectivity index (χ0n) is 9.57. The summed E-state index contributed by atoms with van der Waals surface area (Å²) in [7, 11) is 0. The molecule has 2 rings (SSSR count). The quantitative estimate of drug-likeness (QED) is 0.869. The number of nitrogens with one attached hydrogen (secondary N) is 1. The first-order valence-electron chi connectivity index (χ1n) is 5.53. The third-order valence-electron chi connectivity index (χ3n) is 2.81. The highest BCUT2D eigenvalue weighted by molar-refractivity contribution is 8.00. The number of rotatable bonds is 3. The van der Waals surface area contributed by atoms with E-state index in [0.717, 1.165) is 12.2 Å². The Morgan fingerprint density at radius 2 is 2.35 bits per heavy atom. The summed E-state index contributed by atoms with van der Waals surface area (Å²) in [4.78, 5) is 11.0. The lowest BCUT2D eigenvalue weighted by Crippen LogP contribution is -2.20. The maximum absolute atomic E-state index is 13.6. The highest BCUT2D eigenvalue weighted by atomic mass is 32.2. The van der Waals surface area contributed by atoms with Crippen molar-refractivity contribution in [2.45, 2.75) is 24.6 Å². The van der Waals surface area contributed by atoms with Crippen LogP contribution in [0, 0.1) is 5.82 Å². The lowest BCUT2D eigenvalue weighted by molar-refractivity contribution is 0.100. The second-order valence-electron chi connectivity index (χ2n) is 4.28. The van der Waals surface area contributed by atoms with Gasteiger partial charge in [0.1, 0.15) is 5.82 Å². The number of carbonyl (C=O) groups is 1. The van der Waals surface area contributed by atoms with Gasteiger partial charge in [-0.3, -0.25) is 4.79 Å². The van der Waals surface area contributed by atoms with Crippen LogP contribution in [0.1, 0.15) is 23.7 Å². The number of thioether (sulfide) groups is 1. The number of halogens is 1. The lowest BCUT2D eigenvalue weighted by atomic mass is 10.1. The van der Waals surface area contributed by atoms with Gasteiger partial charge in [0, 0.05) is 22.6 Å². The Balaban J connectivity index is 2.14. The van der Waals surface area contributed by atoms with Crippen LogP contribution in [0.4, 0.5) is 10.1 Å². The average Bonchev–Trinajstić information content (AvgIpc) is 2.67. The third kappa shape index (κ3) is 2.91. The molecule has 1 aromatic rings. The molecule has 2 unspecified atom stereocenters. The third-order valence-corrected chi connectivity index (χ3v) is 4.17. The van der Waals surface area contributed by atoms with Crippen LogP contribution in [0.15, 0.2) is 18.2 Å². The molecule has 5 heteroatoms. The molecule has 1 aliphatic rings. The van der Waals surface area contributed by atoms with Crippen molar-refractivity contribution in [1.82, 2.24) is 0 Å². The Bertz CT molecular complexity index is 439. The molecule has 1 amide bonds. The van der Waals surface area contributed by atoms with Gasteiger partial charge in [0.25, 0.3) is 0 Å². The van der Waals surface area contributed by atoms with Crippen molar-refractivity contribution < 1.29 is 9.18 Å². The standard InChI is InChI=1S/C12H15FN2OS/c1-7-4-9(6-17-7)15-11-5-8(12(14)16)2-3-10(11)13/h2-3,5,7,9,15H,4,6H2,1H3,(H2,14,16). The summed E-state index contributed by atoms with van der Waals surface area (Å²) in [6.07, 6.45) is 1.00. The summed E-state index contributed by atoms with van der Waals surface area (Å²) in [6, 6.07) is 4.40. The van der Waals surface area contributed by atoms with Crippen LogP contribution < -0.4 is 11.1 Å². The molecule has 3 nitrogen and oxygen atoms in total. The van der Waals surface area contributed by atoms with Gasteiger partial charge in [-0.1, -0.05) is 6.92 Å². The number of carbonyl (C=O) groups excluding carboxylic acids is 1. The SMILES string of the molecule is CC1CC(Nc2cc(C(N)=O)ccc2F)CS1. The van der Waals surface area contributed by atoms with Crippen molar-refractivity contribution in [3.63, 3.8) is 0 Å². The van der Waals surface area contributed by atoms with E-state index in [-0.39, 0.29) is 11.9 Å². The van der Waals surface area contributed by atoms with Crippen molar-refractivity contribution in [2.24, 2.45) is 5.73 Å². The summed E-state index contributed by atoms with van der Waals surface area (Å²) < 4.78 is 13.6. The molecule has 1 fully saturated rings. The van der Waals surface area contributed by atoms with Crippen LogP contribution in [0.3, 0.4) is 0 Å². The second-order valence-corrected chi connectivity index (χ2v) is 5.75. The maximum Gasteiger partial charge on any atom is 0.248 e. The zero-order chi connectivity index (χ0) is 12.4. The van der Waals surface area contributed by atoms with Crippen molar-refractivity contribution >= 4 is 23.4 Å². The molecule has 3 N–H and O–H groups in total. The lowest BCUT2D eigenvalue weighted by Gasteiger charge is -2.14. The van der Waals surface area contributed by atoms with E-state index >= 15 is 0 Å². The van der Waals surface area contributed by atoms with E-state index in [2.05, 4.69) is 12.2 Å². The predicted molar refractivity (Wildman–Crippen MR) is 68.9 cm³/mol. The normalized spacial score (nSPS) is 23.6. The highest BCUT2D eigenvalue weighted by Crippen LogP contribution is 2.29. The summed E-state index contributed by atoms with van der Waals surface area (Å²) in [5, 5.41) is 3.72. The van der Waals surface area contributed by atoms with Gasteiger partial charge < -0.3 is 11.1 Å². The Labute approximate surface area is 104 Å². The molecule has 0 saturated carbocycles. The minimum Gasteiger partial charge on any atom is -0.379 e. The van der Waals surface area contributed by atoms with Crippen LogP contribution >= 0.6 is 11.8 Å².